The number of ether oxygens (including phenoxy) is 1. The van der Waals surface area contributed by atoms with Crippen molar-refractivity contribution in [2.75, 3.05) is 26.0 Å². The third-order valence-corrected chi connectivity index (χ3v) is 4.00. The van der Waals surface area contributed by atoms with Gasteiger partial charge in [-0.2, -0.15) is 0 Å². The van der Waals surface area contributed by atoms with Crippen LogP contribution in [0.5, 0.6) is 0 Å². The van der Waals surface area contributed by atoms with Crippen LogP contribution in [0.3, 0.4) is 0 Å². The summed E-state index contributed by atoms with van der Waals surface area (Å²) < 4.78 is 5.21. The lowest BCUT2D eigenvalue weighted by atomic mass is 10.1. The lowest BCUT2D eigenvalue weighted by Crippen LogP contribution is -2.23. The van der Waals surface area contributed by atoms with E-state index in [4.69, 9.17) is 10.5 Å². The number of para-hydroxylation sites is 1. The molecule has 0 unspecified atom stereocenters. The minimum absolute atomic E-state index is 0.402. The molecule has 5 heteroatoms. The summed E-state index contributed by atoms with van der Waals surface area (Å²) in [6.45, 7) is 5.20. The number of nitrogens with two attached hydrogens (primary N) is 1. The molecule has 0 bridgehead atoms. The van der Waals surface area contributed by atoms with Crippen LogP contribution >= 0.6 is 0 Å². The van der Waals surface area contributed by atoms with Gasteiger partial charge in [-0.15, -0.1) is 0 Å². The maximum atomic E-state index is 6.05. The van der Waals surface area contributed by atoms with Gasteiger partial charge in [0.05, 0.1) is 13.2 Å². The number of benzene rings is 2. The van der Waals surface area contributed by atoms with Crippen molar-refractivity contribution < 1.29 is 4.74 Å². The third kappa shape index (κ3) is 6.21. The summed E-state index contributed by atoms with van der Waals surface area (Å²) in [7, 11) is 3.79. The van der Waals surface area contributed by atoms with E-state index in [9.17, 15) is 0 Å². The number of nitrogens with zero attached hydrogens (tertiary/aromatic N) is 2. The van der Waals surface area contributed by atoms with Gasteiger partial charge in [-0.25, -0.2) is 4.99 Å². The van der Waals surface area contributed by atoms with Crippen LogP contribution in [0.15, 0.2) is 53.5 Å². The molecular formula is C20H28N4O. The topological polar surface area (TPSA) is 62.9 Å². The Balaban J connectivity index is 2.00. The second kappa shape index (κ2) is 9.81. The van der Waals surface area contributed by atoms with Crippen LogP contribution in [-0.2, 0) is 24.4 Å². The molecule has 0 aliphatic rings. The molecule has 2 aromatic carbocycles. The SMILES string of the molecule is CCN(C)Cc1cccc(CN=C(N)Nc2ccccc2COC)c1. The largest absolute Gasteiger partial charge is 0.380 e. The molecule has 2 rings (SSSR count). The van der Waals surface area contributed by atoms with Gasteiger partial charge in [0.25, 0.3) is 0 Å². The van der Waals surface area contributed by atoms with Gasteiger partial charge in [0.15, 0.2) is 5.96 Å². The van der Waals surface area contributed by atoms with Gasteiger partial charge in [-0.1, -0.05) is 49.4 Å². The van der Waals surface area contributed by atoms with E-state index in [-0.39, 0.29) is 0 Å². The van der Waals surface area contributed by atoms with Crippen LogP contribution in [0.1, 0.15) is 23.6 Å². The number of guanidine groups is 1. The molecule has 0 amide bonds. The summed E-state index contributed by atoms with van der Waals surface area (Å²) in [5.41, 5.74) is 10.5. The molecule has 3 N–H and O–H groups in total. The van der Waals surface area contributed by atoms with E-state index < -0.39 is 0 Å². The fourth-order valence-electron chi connectivity index (χ4n) is 2.53. The third-order valence-electron chi connectivity index (χ3n) is 4.00. The van der Waals surface area contributed by atoms with Crippen molar-refractivity contribution in [3.63, 3.8) is 0 Å². The zero-order valence-electron chi connectivity index (χ0n) is 15.3. The molecule has 2 aromatic rings. The van der Waals surface area contributed by atoms with E-state index in [0.717, 1.165) is 29.9 Å². The first kappa shape index (κ1) is 19.0. The van der Waals surface area contributed by atoms with Gasteiger partial charge in [0.1, 0.15) is 0 Å². The van der Waals surface area contributed by atoms with Gasteiger partial charge < -0.3 is 20.7 Å². The Hall–Kier alpha value is -2.37. The molecule has 5 nitrogen and oxygen atoms in total. The maximum absolute atomic E-state index is 6.05. The highest BCUT2D eigenvalue weighted by atomic mass is 16.5. The van der Waals surface area contributed by atoms with Gasteiger partial charge in [0, 0.05) is 24.9 Å². The summed E-state index contributed by atoms with van der Waals surface area (Å²) >= 11 is 0. The summed E-state index contributed by atoms with van der Waals surface area (Å²) in [6, 6.07) is 16.4. The van der Waals surface area contributed by atoms with Crippen molar-refractivity contribution in [1.82, 2.24) is 4.90 Å². The molecule has 0 saturated carbocycles. The smallest absolute Gasteiger partial charge is 0.193 e. The first-order chi connectivity index (χ1) is 12.1. The molecule has 0 radical (unpaired) electrons. The van der Waals surface area contributed by atoms with Gasteiger partial charge >= 0.3 is 0 Å². The summed E-state index contributed by atoms with van der Waals surface area (Å²) in [4.78, 5) is 6.73. The molecule has 0 aliphatic carbocycles. The highest BCUT2D eigenvalue weighted by Gasteiger charge is 2.03. The second-order valence-electron chi connectivity index (χ2n) is 6.07. The molecule has 0 saturated heterocycles. The number of methoxy groups -OCH3 is 1. The lowest BCUT2D eigenvalue weighted by Gasteiger charge is -2.14. The lowest BCUT2D eigenvalue weighted by molar-refractivity contribution is 0.185. The highest BCUT2D eigenvalue weighted by molar-refractivity contribution is 5.92. The van der Waals surface area contributed by atoms with E-state index in [0.29, 0.717) is 19.1 Å². The van der Waals surface area contributed by atoms with Crippen LogP contribution < -0.4 is 11.1 Å². The summed E-state index contributed by atoms with van der Waals surface area (Å²) in [6.07, 6.45) is 0. The Morgan fingerprint density at radius 1 is 1.16 bits per heavy atom. The quantitative estimate of drug-likeness (QED) is 0.572. The Kier molecular flexibility index (Phi) is 7.44. The Morgan fingerprint density at radius 2 is 1.92 bits per heavy atom. The zero-order chi connectivity index (χ0) is 18.1. The van der Waals surface area contributed by atoms with Crippen LogP contribution in [0, 0.1) is 0 Å². The van der Waals surface area contributed by atoms with E-state index >= 15 is 0 Å². The molecule has 0 aromatic heterocycles. The van der Waals surface area contributed by atoms with E-state index in [1.807, 2.05) is 24.3 Å². The van der Waals surface area contributed by atoms with E-state index in [1.54, 1.807) is 7.11 Å². The molecule has 0 spiro atoms. The van der Waals surface area contributed by atoms with Gasteiger partial charge in [0.2, 0.25) is 0 Å². The van der Waals surface area contributed by atoms with Crippen LogP contribution in [0.25, 0.3) is 0 Å². The van der Waals surface area contributed by atoms with Gasteiger partial charge in [-0.05, 0) is 30.8 Å². The monoisotopic (exact) mass is 340 g/mol. The van der Waals surface area contributed by atoms with Crippen molar-refractivity contribution in [3.05, 3.63) is 65.2 Å². The van der Waals surface area contributed by atoms with Crippen molar-refractivity contribution >= 4 is 11.6 Å². The first-order valence-corrected chi connectivity index (χ1v) is 8.52. The number of aliphatic imine (C=N–C) groups is 1. The Labute approximate surface area is 150 Å². The number of hydrogen-bond donors (Lipinski definition) is 2. The number of rotatable bonds is 8. The predicted molar refractivity (Wildman–Crippen MR) is 105 cm³/mol. The van der Waals surface area contributed by atoms with Gasteiger partial charge in [-0.3, -0.25) is 0 Å². The predicted octanol–water partition coefficient (Wildman–Crippen LogP) is 3.21. The fraction of sp³-hybridized carbons (Fsp3) is 0.350. The molecule has 0 aliphatic heterocycles. The average molecular weight is 340 g/mol. The van der Waals surface area contributed by atoms with Crippen molar-refractivity contribution in [2.24, 2.45) is 10.7 Å². The molecule has 134 valence electrons. The minimum atomic E-state index is 0.402. The zero-order valence-corrected chi connectivity index (χ0v) is 15.3. The average Bonchev–Trinajstić information content (AvgIpc) is 2.62. The molecule has 0 atom stereocenters. The van der Waals surface area contributed by atoms with Crippen molar-refractivity contribution in [1.29, 1.82) is 0 Å². The highest BCUT2D eigenvalue weighted by Crippen LogP contribution is 2.15. The minimum Gasteiger partial charge on any atom is -0.380 e. The molecule has 0 fully saturated rings. The first-order valence-electron chi connectivity index (χ1n) is 8.52. The van der Waals surface area contributed by atoms with Crippen molar-refractivity contribution in [2.45, 2.75) is 26.6 Å². The van der Waals surface area contributed by atoms with E-state index in [2.05, 4.69) is 53.4 Å². The van der Waals surface area contributed by atoms with Crippen molar-refractivity contribution in [3.8, 4) is 0 Å². The summed E-state index contributed by atoms with van der Waals surface area (Å²) in [5.74, 6) is 0.402. The Morgan fingerprint density at radius 3 is 2.68 bits per heavy atom. The van der Waals surface area contributed by atoms with Crippen LogP contribution in [0.2, 0.25) is 0 Å². The Bertz CT molecular complexity index is 700. The van der Waals surface area contributed by atoms with E-state index in [1.165, 1.54) is 5.56 Å². The second-order valence-corrected chi connectivity index (χ2v) is 6.07. The normalized spacial score (nSPS) is 11.8. The fourth-order valence-corrected chi connectivity index (χ4v) is 2.53. The maximum Gasteiger partial charge on any atom is 0.193 e. The standard InChI is InChI=1S/C20H28N4O/c1-4-24(2)14-17-9-7-8-16(12-17)13-22-20(21)23-19-11-6-5-10-18(19)15-25-3/h5-12H,4,13-15H2,1-3H3,(H3,21,22,23). The molecule has 0 heterocycles. The number of nitrogens with one attached hydrogen (secondary N) is 1. The number of hydrogen-bond acceptors (Lipinski definition) is 3. The molecular weight excluding hydrogens is 312 g/mol. The number of anilines is 1. The summed E-state index contributed by atoms with van der Waals surface area (Å²) in [5, 5.41) is 3.16. The molecule has 25 heavy (non-hydrogen) atoms. The van der Waals surface area contributed by atoms with Crippen LogP contribution in [0.4, 0.5) is 5.69 Å². The van der Waals surface area contributed by atoms with Crippen LogP contribution in [-0.4, -0.2) is 31.6 Å².